The number of nitrogens with two attached hydrogens (primary N) is 1. The van der Waals surface area contributed by atoms with Crippen molar-refractivity contribution in [1.82, 2.24) is 24.2 Å². The number of methoxy groups -OCH3 is 1. The van der Waals surface area contributed by atoms with Crippen molar-refractivity contribution in [2.24, 2.45) is 5.73 Å². The van der Waals surface area contributed by atoms with Crippen LogP contribution in [0.5, 0.6) is 5.75 Å². The van der Waals surface area contributed by atoms with Crippen LogP contribution in [0.4, 0.5) is 0 Å². The number of carbonyl (C=O) groups is 1. The predicted molar refractivity (Wildman–Crippen MR) is 151 cm³/mol. The average Bonchev–Trinajstić information content (AvgIpc) is 3.57. The van der Waals surface area contributed by atoms with Gasteiger partial charge in [-0.05, 0) is 59.5 Å². The van der Waals surface area contributed by atoms with Gasteiger partial charge in [0.15, 0.2) is 11.2 Å². The number of amides is 1. The molecule has 2 aromatic heterocycles. The highest BCUT2D eigenvalue weighted by molar-refractivity contribution is 6.02. The zero-order chi connectivity index (χ0) is 27.8. The van der Waals surface area contributed by atoms with Gasteiger partial charge in [-0.15, -0.1) is 0 Å². The van der Waals surface area contributed by atoms with Crippen LogP contribution < -0.4 is 16.0 Å². The molecule has 10 heteroatoms. The fourth-order valence-corrected chi connectivity index (χ4v) is 5.20. The number of fused-ring (bicyclic) bond motifs is 1. The first kappa shape index (κ1) is 25.5. The standard InChI is InChI=1S/C30H28N6O4/c1-40-24-12-10-22(11-13-24)36-28-26(27(33-36)29(31)38)32-18-35(30(28)39)21-8-6-19(7-9-21)25-5-3-2-4-20(25)16-34-15-14-23(37)17-34/h2-13,18,23,37H,14-17H2,1H3,(H2,31,38)/t23-/m1/s1. The highest BCUT2D eigenvalue weighted by atomic mass is 16.5. The maximum absolute atomic E-state index is 13.8. The van der Waals surface area contributed by atoms with Crippen LogP contribution in [0, 0.1) is 0 Å². The molecule has 10 nitrogen and oxygen atoms in total. The van der Waals surface area contributed by atoms with E-state index in [1.54, 1.807) is 31.4 Å². The Balaban J connectivity index is 1.38. The Morgan fingerprint density at radius 3 is 2.45 bits per heavy atom. The Morgan fingerprint density at radius 2 is 1.77 bits per heavy atom. The minimum Gasteiger partial charge on any atom is -0.497 e. The summed E-state index contributed by atoms with van der Waals surface area (Å²) in [5, 5.41) is 14.2. The summed E-state index contributed by atoms with van der Waals surface area (Å²) in [6.07, 6.45) is 1.91. The zero-order valence-electron chi connectivity index (χ0n) is 21.9. The van der Waals surface area contributed by atoms with Gasteiger partial charge in [0.25, 0.3) is 11.5 Å². The van der Waals surface area contributed by atoms with Gasteiger partial charge in [0, 0.05) is 19.6 Å². The van der Waals surface area contributed by atoms with Gasteiger partial charge in [-0.25, -0.2) is 9.67 Å². The van der Waals surface area contributed by atoms with Crippen LogP contribution in [-0.2, 0) is 6.54 Å². The van der Waals surface area contributed by atoms with Crippen LogP contribution in [0.3, 0.4) is 0 Å². The molecule has 0 aliphatic carbocycles. The largest absolute Gasteiger partial charge is 0.497 e. The van der Waals surface area contributed by atoms with Crippen LogP contribution in [0.2, 0.25) is 0 Å². The molecule has 202 valence electrons. The Labute approximate surface area is 229 Å². The molecule has 1 fully saturated rings. The predicted octanol–water partition coefficient (Wildman–Crippen LogP) is 2.91. The summed E-state index contributed by atoms with van der Waals surface area (Å²) in [6, 6.07) is 22.8. The number of nitrogens with zero attached hydrogens (tertiary/aromatic N) is 5. The lowest BCUT2D eigenvalue weighted by Crippen LogP contribution is -2.22. The number of carbonyl (C=O) groups excluding carboxylic acids is 1. The maximum Gasteiger partial charge on any atom is 0.284 e. The number of β-amino-alcohol motifs (C(OH)–C–C–N with tert-alkyl or cyclic N) is 1. The zero-order valence-corrected chi connectivity index (χ0v) is 21.9. The molecule has 1 atom stereocenters. The average molecular weight is 537 g/mol. The number of likely N-dealkylation sites (tertiary alicyclic amines) is 1. The number of primary amides is 1. The van der Waals surface area contributed by atoms with Crippen LogP contribution in [0.1, 0.15) is 22.5 Å². The number of aromatic nitrogens is 4. The first-order valence-electron chi connectivity index (χ1n) is 13.0. The molecule has 3 N–H and O–H groups in total. The lowest BCUT2D eigenvalue weighted by Gasteiger charge is -2.18. The number of hydrogen-bond acceptors (Lipinski definition) is 7. The van der Waals surface area contributed by atoms with Crippen molar-refractivity contribution in [2.45, 2.75) is 19.1 Å². The molecule has 3 heterocycles. The highest BCUT2D eigenvalue weighted by Gasteiger charge is 2.23. The molecule has 1 amide bonds. The second-order valence-corrected chi connectivity index (χ2v) is 9.82. The van der Waals surface area contributed by atoms with Gasteiger partial charge in [0.05, 0.1) is 24.6 Å². The lowest BCUT2D eigenvalue weighted by molar-refractivity contribution is 0.0996. The van der Waals surface area contributed by atoms with E-state index in [1.807, 2.05) is 36.4 Å². The number of rotatable bonds is 7. The fraction of sp³-hybridized carbons (Fsp3) is 0.200. The van der Waals surface area contributed by atoms with Gasteiger partial charge in [-0.3, -0.25) is 19.1 Å². The number of hydrogen-bond donors (Lipinski definition) is 2. The van der Waals surface area contributed by atoms with E-state index in [-0.39, 0.29) is 28.4 Å². The third-order valence-electron chi connectivity index (χ3n) is 7.25. The summed E-state index contributed by atoms with van der Waals surface area (Å²) < 4.78 is 8.04. The van der Waals surface area contributed by atoms with Crippen LogP contribution >= 0.6 is 0 Å². The van der Waals surface area contributed by atoms with Crippen LogP contribution in [0.25, 0.3) is 33.5 Å². The van der Waals surface area contributed by atoms with Crippen molar-refractivity contribution in [3.63, 3.8) is 0 Å². The first-order valence-corrected chi connectivity index (χ1v) is 13.0. The van der Waals surface area contributed by atoms with Crippen molar-refractivity contribution in [2.75, 3.05) is 20.2 Å². The maximum atomic E-state index is 13.8. The molecule has 0 unspecified atom stereocenters. The molecule has 6 rings (SSSR count). The topological polar surface area (TPSA) is 128 Å². The molecule has 1 aliphatic heterocycles. The van der Waals surface area contributed by atoms with Crippen molar-refractivity contribution in [1.29, 1.82) is 0 Å². The number of aliphatic hydroxyl groups excluding tert-OH is 1. The fourth-order valence-electron chi connectivity index (χ4n) is 5.20. The van der Waals surface area contributed by atoms with E-state index in [1.165, 1.54) is 21.1 Å². The van der Waals surface area contributed by atoms with E-state index >= 15 is 0 Å². The normalized spacial score (nSPS) is 15.5. The lowest BCUT2D eigenvalue weighted by atomic mass is 9.99. The molecule has 0 saturated carbocycles. The van der Waals surface area contributed by atoms with E-state index in [0.29, 0.717) is 23.7 Å². The molecule has 40 heavy (non-hydrogen) atoms. The van der Waals surface area contributed by atoms with Crippen molar-refractivity contribution in [3.05, 3.63) is 101 Å². The minimum atomic E-state index is -0.770. The van der Waals surface area contributed by atoms with E-state index in [2.05, 4.69) is 27.1 Å². The molecular formula is C30H28N6O4. The van der Waals surface area contributed by atoms with E-state index in [4.69, 9.17) is 10.5 Å². The second kappa shape index (κ2) is 10.4. The summed E-state index contributed by atoms with van der Waals surface area (Å²) in [4.78, 5) is 32.5. The summed E-state index contributed by atoms with van der Waals surface area (Å²) in [7, 11) is 1.56. The van der Waals surface area contributed by atoms with E-state index in [9.17, 15) is 14.7 Å². The number of benzene rings is 3. The Bertz CT molecular complexity index is 1760. The molecule has 0 bridgehead atoms. The summed E-state index contributed by atoms with van der Waals surface area (Å²) >= 11 is 0. The second-order valence-electron chi connectivity index (χ2n) is 9.82. The highest BCUT2D eigenvalue weighted by Crippen LogP contribution is 2.27. The van der Waals surface area contributed by atoms with Crippen molar-refractivity contribution in [3.8, 4) is 28.3 Å². The molecule has 1 aliphatic rings. The molecule has 0 radical (unpaired) electrons. The van der Waals surface area contributed by atoms with Gasteiger partial charge >= 0.3 is 0 Å². The van der Waals surface area contributed by atoms with Crippen LogP contribution in [0.15, 0.2) is 83.9 Å². The van der Waals surface area contributed by atoms with Gasteiger partial charge in [-0.1, -0.05) is 36.4 Å². The van der Waals surface area contributed by atoms with Gasteiger partial charge < -0.3 is 15.6 Å². The monoisotopic (exact) mass is 536 g/mol. The molecule has 1 saturated heterocycles. The minimum absolute atomic E-state index is 0.0763. The Morgan fingerprint density at radius 1 is 1.05 bits per heavy atom. The quantitative estimate of drug-likeness (QED) is 0.327. The van der Waals surface area contributed by atoms with Gasteiger partial charge in [0.1, 0.15) is 17.6 Å². The third kappa shape index (κ3) is 4.63. The van der Waals surface area contributed by atoms with Gasteiger partial charge in [-0.2, -0.15) is 5.10 Å². The van der Waals surface area contributed by atoms with Gasteiger partial charge in [0.2, 0.25) is 0 Å². The Kier molecular flexibility index (Phi) is 6.63. The third-order valence-corrected chi connectivity index (χ3v) is 7.25. The number of aliphatic hydroxyl groups is 1. The summed E-state index contributed by atoms with van der Waals surface area (Å²) in [5.41, 5.74) is 9.84. The molecule has 5 aromatic rings. The van der Waals surface area contributed by atoms with Crippen molar-refractivity contribution < 1.29 is 14.6 Å². The summed E-state index contributed by atoms with van der Waals surface area (Å²) in [6.45, 7) is 2.31. The number of ether oxygens (including phenoxy) is 1. The summed E-state index contributed by atoms with van der Waals surface area (Å²) in [5.74, 6) is -0.126. The molecular weight excluding hydrogens is 508 g/mol. The molecule has 3 aromatic carbocycles. The SMILES string of the molecule is COc1ccc(-n2nc(C(N)=O)c3ncn(-c4ccc(-c5ccccc5CN5CC[C@@H](O)C5)cc4)c(=O)c32)cc1. The van der Waals surface area contributed by atoms with E-state index in [0.717, 1.165) is 30.6 Å². The van der Waals surface area contributed by atoms with Crippen LogP contribution in [-0.4, -0.2) is 61.5 Å². The van der Waals surface area contributed by atoms with Crippen molar-refractivity contribution >= 4 is 16.9 Å². The Hall–Kier alpha value is -4.80. The van der Waals surface area contributed by atoms with E-state index < -0.39 is 5.91 Å². The first-order chi connectivity index (χ1) is 19.4. The molecule has 0 spiro atoms. The smallest absolute Gasteiger partial charge is 0.284 e.